The first kappa shape index (κ1) is 12.2. The van der Waals surface area contributed by atoms with Crippen LogP contribution < -0.4 is 0 Å². The highest BCUT2D eigenvalue weighted by Gasteiger charge is 2.19. The molecule has 1 atom stereocenters. The number of nitrogens with zero attached hydrogens (tertiary/aromatic N) is 1. The molecular formula is C13H16FNO2. The molecule has 0 saturated carbocycles. The third kappa shape index (κ3) is 3.35. The lowest BCUT2D eigenvalue weighted by atomic mass is 10.1. The molecule has 1 aliphatic rings. The van der Waals surface area contributed by atoms with Crippen LogP contribution in [-0.4, -0.2) is 43.0 Å². The van der Waals surface area contributed by atoms with Crippen LogP contribution in [0.5, 0.6) is 0 Å². The number of halogens is 1. The predicted molar refractivity (Wildman–Crippen MR) is 62.6 cm³/mol. The molecule has 1 fully saturated rings. The zero-order chi connectivity index (χ0) is 12.3. The molecule has 1 heterocycles. The van der Waals surface area contributed by atoms with Crippen molar-refractivity contribution in [3.63, 3.8) is 0 Å². The topological polar surface area (TPSA) is 29.5 Å². The van der Waals surface area contributed by atoms with Crippen LogP contribution in [0.15, 0.2) is 24.3 Å². The molecule has 2 rings (SSSR count). The first-order valence-corrected chi connectivity index (χ1v) is 5.78. The maximum Gasteiger partial charge on any atom is 0.176 e. The molecule has 17 heavy (non-hydrogen) atoms. The fourth-order valence-corrected chi connectivity index (χ4v) is 1.96. The van der Waals surface area contributed by atoms with Crippen LogP contribution in [0.1, 0.15) is 17.3 Å². The van der Waals surface area contributed by atoms with Crippen molar-refractivity contribution in [3.05, 3.63) is 35.6 Å². The Morgan fingerprint density at radius 3 is 2.82 bits per heavy atom. The van der Waals surface area contributed by atoms with E-state index in [4.69, 9.17) is 4.74 Å². The Morgan fingerprint density at radius 1 is 1.47 bits per heavy atom. The summed E-state index contributed by atoms with van der Waals surface area (Å²) in [7, 11) is 0. The van der Waals surface area contributed by atoms with Gasteiger partial charge in [-0.2, -0.15) is 0 Å². The fourth-order valence-electron chi connectivity index (χ4n) is 1.96. The van der Waals surface area contributed by atoms with Crippen LogP contribution in [0.25, 0.3) is 0 Å². The third-order valence-electron chi connectivity index (χ3n) is 2.86. The van der Waals surface area contributed by atoms with Crippen LogP contribution in [0.4, 0.5) is 4.39 Å². The minimum absolute atomic E-state index is 0.0269. The molecule has 0 aromatic heterocycles. The van der Waals surface area contributed by atoms with Crippen LogP contribution in [0.2, 0.25) is 0 Å². The van der Waals surface area contributed by atoms with Gasteiger partial charge in [0.1, 0.15) is 5.82 Å². The summed E-state index contributed by atoms with van der Waals surface area (Å²) in [5, 5.41) is 0. The van der Waals surface area contributed by atoms with Gasteiger partial charge in [-0.1, -0.05) is 0 Å². The second-order valence-corrected chi connectivity index (χ2v) is 4.35. The lowest BCUT2D eigenvalue weighted by molar-refractivity contribution is -0.0158. The first-order chi connectivity index (χ1) is 8.15. The number of carbonyl (C=O) groups excluding carboxylic acids is 1. The summed E-state index contributed by atoms with van der Waals surface area (Å²) < 4.78 is 18.1. The minimum atomic E-state index is -0.318. The minimum Gasteiger partial charge on any atom is -0.376 e. The summed E-state index contributed by atoms with van der Waals surface area (Å²) in [6, 6.07) is 5.69. The molecule has 0 bridgehead atoms. The van der Waals surface area contributed by atoms with Gasteiger partial charge in [0.25, 0.3) is 0 Å². The number of benzene rings is 1. The number of ether oxygens (including phenoxy) is 1. The van der Waals surface area contributed by atoms with Crippen LogP contribution in [0, 0.1) is 5.82 Å². The van der Waals surface area contributed by atoms with Crippen molar-refractivity contribution in [1.82, 2.24) is 4.90 Å². The smallest absolute Gasteiger partial charge is 0.176 e. The van der Waals surface area contributed by atoms with Gasteiger partial charge < -0.3 is 4.74 Å². The number of morpholine rings is 1. The summed E-state index contributed by atoms with van der Waals surface area (Å²) in [4.78, 5) is 14.0. The van der Waals surface area contributed by atoms with Crippen molar-refractivity contribution >= 4 is 5.78 Å². The Labute approximate surface area is 100 Å². The lowest BCUT2D eigenvalue weighted by Crippen LogP contribution is -2.43. The van der Waals surface area contributed by atoms with Crippen LogP contribution in [-0.2, 0) is 4.74 Å². The van der Waals surface area contributed by atoms with Gasteiger partial charge in [0.05, 0.1) is 19.3 Å². The van der Waals surface area contributed by atoms with Gasteiger partial charge in [0, 0.05) is 18.7 Å². The van der Waals surface area contributed by atoms with E-state index in [0.29, 0.717) is 18.7 Å². The maximum atomic E-state index is 12.7. The fraction of sp³-hybridized carbons (Fsp3) is 0.462. The number of hydrogen-bond acceptors (Lipinski definition) is 3. The average molecular weight is 237 g/mol. The van der Waals surface area contributed by atoms with Crippen molar-refractivity contribution in [2.75, 3.05) is 26.2 Å². The van der Waals surface area contributed by atoms with E-state index < -0.39 is 0 Å². The molecule has 4 heteroatoms. The van der Waals surface area contributed by atoms with E-state index in [2.05, 4.69) is 4.90 Å². The number of hydrogen-bond donors (Lipinski definition) is 0. The highest BCUT2D eigenvalue weighted by molar-refractivity contribution is 5.97. The first-order valence-electron chi connectivity index (χ1n) is 5.78. The maximum absolute atomic E-state index is 12.7. The molecule has 0 radical (unpaired) electrons. The van der Waals surface area contributed by atoms with Gasteiger partial charge in [0.15, 0.2) is 5.78 Å². The van der Waals surface area contributed by atoms with E-state index >= 15 is 0 Å². The molecule has 0 amide bonds. The van der Waals surface area contributed by atoms with Crippen molar-refractivity contribution in [1.29, 1.82) is 0 Å². The van der Waals surface area contributed by atoms with Gasteiger partial charge in [-0.3, -0.25) is 9.69 Å². The monoisotopic (exact) mass is 237 g/mol. The van der Waals surface area contributed by atoms with E-state index in [9.17, 15) is 9.18 Å². The van der Waals surface area contributed by atoms with Crippen LogP contribution >= 0.6 is 0 Å². The Balaban J connectivity index is 1.94. The average Bonchev–Trinajstić information content (AvgIpc) is 2.29. The van der Waals surface area contributed by atoms with E-state index in [1.165, 1.54) is 24.3 Å². The predicted octanol–water partition coefficient (Wildman–Crippen LogP) is 1.73. The normalized spacial score (nSPS) is 21.4. The second-order valence-electron chi connectivity index (χ2n) is 4.35. The van der Waals surface area contributed by atoms with Crippen molar-refractivity contribution < 1.29 is 13.9 Å². The van der Waals surface area contributed by atoms with Gasteiger partial charge in [0.2, 0.25) is 0 Å². The molecular weight excluding hydrogens is 221 g/mol. The van der Waals surface area contributed by atoms with Gasteiger partial charge in [-0.15, -0.1) is 0 Å². The molecule has 3 nitrogen and oxygen atoms in total. The largest absolute Gasteiger partial charge is 0.376 e. The van der Waals surface area contributed by atoms with E-state index in [-0.39, 0.29) is 17.7 Å². The number of carbonyl (C=O) groups is 1. The van der Waals surface area contributed by atoms with Crippen LogP contribution in [0.3, 0.4) is 0 Å². The molecule has 1 aliphatic heterocycles. The zero-order valence-corrected chi connectivity index (χ0v) is 9.86. The Kier molecular flexibility index (Phi) is 3.86. The molecule has 0 N–H and O–H groups in total. The molecule has 1 aromatic carbocycles. The highest BCUT2D eigenvalue weighted by atomic mass is 19.1. The van der Waals surface area contributed by atoms with E-state index in [0.717, 1.165) is 13.1 Å². The SMILES string of the molecule is C[C@@H]1CN(CC(=O)c2ccc(F)cc2)CCO1. The van der Waals surface area contributed by atoms with E-state index in [1.54, 1.807) is 0 Å². The lowest BCUT2D eigenvalue weighted by Gasteiger charge is -2.30. The van der Waals surface area contributed by atoms with Crippen molar-refractivity contribution in [2.45, 2.75) is 13.0 Å². The molecule has 92 valence electrons. The molecule has 1 aromatic rings. The summed E-state index contributed by atoms with van der Waals surface area (Å²) in [6.07, 6.45) is 0.171. The number of rotatable bonds is 3. The number of ketones is 1. The zero-order valence-electron chi connectivity index (χ0n) is 9.86. The summed E-state index contributed by atoms with van der Waals surface area (Å²) >= 11 is 0. The third-order valence-corrected chi connectivity index (χ3v) is 2.86. The van der Waals surface area contributed by atoms with Crippen molar-refractivity contribution in [2.24, 2.45) is 0 Å². The van der Waals surface area contributed by atoms with Gasteiger partial charge in [-0.25, -0.2) is 4.39 Å². The Hall–Kier alpha value is -1.26. The molecule has 0 spiro atoms. The van der Waals surface area contributed by atoms with Crippen molar-refractivity contribution in [3.8, 4) is 0 Å². The molecule has 1 saturated heterocycles. The second kappa shape index (κ2) is 5.38. The number of Topliss-reactive ketones (excluding diaryl/α,β-unsaturated/α-hetero) is 1. The van der Waals surface area contributed by atoms with Gasteiger partial charge >= 0.3 is 0 Å². The Bertz CT molecular complexity index is 391. The summed E-state index contributed by atoms with van der Waals surface area (Å²) in [5.74, 6) is -0.291. The molecule has 0 aliphatic carbocycles. The summed E-state index contributed by atoms with van der Waals surface area (Å²) in [6.45, 7) is 4.58. The summed E-state index contributed by atoms with van der Waals surface area (Å²) in [5.41, 5.74) is 0.561. The molecule has 0 unspecified atom stereocenters. The highest BCUT2D eigenvalue weighted by Crippen LogP contribution is 2.08. The van der Waals surface area contributed by atoms with Gasteiger partial charge in [-0.05, 0) is 31.2 Å². The van der Waals surface area contributed by atoms with E-state index in [1.807, 2.05) is 6.92 Å². The Morgan fingerprint density at radius 2 is 2.18 bits per heavy atom. The quantitative estimate of drug-likeness (QED) is 0.750. The standard InChI is InChI=1S/C13H16FNO2/c1-10-8-15(6-7-17-10)9-13(16)11-2-4-12(14)5-3-11/h2-5,10H,6-9H2,1H3/t10-/m1/s1.